The van der Waals surface area contributed by atoms with Gasteiger partial charge in [0.15, 0.2) is 0 Å². The summed E-state index contributed by atoms with van der Waals surface area (Å²) >= 11 is 0. The van der Waals surface area contributed by atoms with Crippen LogP contribution in [0.15, 0.2) is 24.3 Å². The van der Waals surface area contributed by atoms with Crippen LogP contribution < -0.4 is 16.2 Å². The summed E-state index contributed by atoms with van der Waals surface area (Å²) in [5.41, 5.74) is 11.5. The average molecular weight is 277 g/mol. The Kier molecular flexibility index (Phi) is 4.45. The Hall–Kier alpha value is -2.24. The van der Waals surface area contributed by atoms with Gasteiger partial charge in [0.25, 0.3) is 0 Å². The predicted molar refractivity (Wildman–Crippen MR) is 74.8 cm³/mol. The quantitative estimate of drug-likeness (QED) is 0.760. The lowest BCUT2D eigenvalue weighted by atomic mass is 10.1. The van der Waals surface area contributed by atoms with Gasteiger partial charge in [-0.1, -0.05) is 0 Å². The van der Waals surface area contributed by atoms with Crippen molar-refractivity contribution in [1.82, 2.24) is 4.90 Å². The number of nitrogens with two attached hydrogens (primary N) is 2. The van der Waals surface area contributed by atoms with Gasteiger partial charge < -0.3 is 21.1 Å². The number of likely N-dealkylation sites (tertiary alicyclic amines) is 1. The maximum Gasteiger partial charge on any atom is 0.226 e. The van der Waals surface area contributed by atoms with Gasteiger partial charge in [-0.2, -0.15) is 0 Å². The topological polar surface area (TPSA) is 98.7 Å². The predicted octanol–water partition coefficient (Wildman–Crippen LogP) is 0.372. The van der Waals surface area contributed by atoms with E-state index < -0.39 is 0 Å². The maximum atomic E-state index is 11.9. The molecule has 1 aromatic rings. The van der Waals surface area contributed by atoms with Crippen LogP contribution in [0.1, 0.15) is 12.8 Å². The lowest BCUT2D eigenvalue weighted by Gasteiger charge is -2.16. The Bertz CT molecular complexity index is 487. The molecule has 2 rings (SSSR count). The second-order valence-corrected chi connectivity index (χ2v) is 4.90. The van der Waals surface area contributed by atoms with Crippen LogP contribution in [0.2, 0.25) is 0 Å². The molecule has 6 nitrogen and oxygen atoms in total. The molecule has 0 saturated carbocycles. The van der Waals surface area contributed by atoms with Gasteiger partial charge in [-0.25, -0.2) is 0 Å². The Morgan fingerprint density at radius 1 is 1.30 bits per heavy atom. The second kappa shape index (κ2) is 6.27. The van der Waals surface area contributed by atoms with Crippen LogP contribution >= 0.6 is 0 Å². The smallest absolute Gasteiger partial charge is 0.226 e. The third-order valence-corrected chi connectivity index (χ3v) is 3.41. The van der Waals surface area contributed by atoms with Crippen molar-refractivity contribution in [1.29, 1.82) is 0 Å². The standard InChI is InChI=1S/C14H19N3O3/c15-11-1-3-12(4-2-11)20-8-6-13(18)17-7-5-10(9-17)14(16)19/h1-4,10H,5-9,15H2,(H2,16,19). The van der Waals surface area contributed by atoms with Gasteiger partial charge in [-0.05, 0) is 30.7 Å². The molecule has 1 saturated heterocycles. The zero-order chi connectivity index (χ0) is 14.5. The molecular weight excluding hydrogens is 258 g/mol. The monoisotopic (exact) mass is 277 g/mol. The number of hydrogen-bond donors (Lipinski definition) is 2. The number of amides is 2. The van der Waals surface area contributed by atoms with E-state index in [2.05, 4.69) is 0 Å². The van der Waals surface area contributed by atoms with Crippen molar-refractivity contribution >= 4 is 17.5 Å². The Balaban J connectivity index is 1.73. The van der Waals surface area contributed by atoms with E-state index in [-0.39, 0.29) is 24.2 Å². The number of rotatable bonds is 5. The number of hydrogen-bond acceptors (Lipinski definition) is 4. The summed E-state index contributed by atoms with van der Waals surface area (Å²) in [5, 5.41) is 0. The molecule has 1 fully saturated rings. The summed E-state index contributed by atoms with van der Waals surface area (Å²) in [6.45, 7) is 1.32. The fourth-order valence-electron chi connectivity index (χ4n) is 2.20. The number of primary amides is 1. The number of ether oxygens (including phenoxy) is 1. The van der Waals surface area contributed by atoms with Crippen molar-refractivity contribution < 1.29 is 14.3 Å². The molecule has 1 aromatic carbocycles. The first kappa shape index (κ1) is 14.2. The van der Waals surface area contributed by atoms with Crippen LogP contribution in [0.25, 0.3) is 0 Å². The summed E-state index contributed by atoms with van der Waals surface area (Å²) in [7, 11) is 0. The molecule has 0 spiro atoms. The van der Waals surface area contributed by atoms with Crippen molar-refractivity contribution in [3.8, 4) is 5.75 Å². The van der Waals surface area contributed by atoms with Crippen LogP contribution in [-0.2, 0) is 9.59 Å². The molecule has 0 bridgehead atoms. The van der Waals surface area contributed by atoms with Crippen molar-refractivity contribution in [3.63, 3.8) is 0 Å². The van der Waals surface area contributed by atoms with Gasteiger partial charge in [-0.15, -0.1) is 0 Å². The third-order valence-electron chi connectivity index (χ3n) is 3.41. The van der Waals surface area contributed by atoms with Gasteiger partial charge >= 0.3 is 0 Å². The van der Waals surface area contributed by atoms with Crippen LogP contribution in [0.4, 0.5) is 5.69 Å². The highest BCUT2D eigenvalue weighted by Crippen LogP contribution is 2.17. The average Bonchev–Trinajstić information content (AvgIpc) is 2.91. The molecule has 1 unspecified atom stereocenters. The number of carbonyl (C=O) groups is 2. The van der Waals surface area contributed by atoms with Crippen LogP contribution in [0.3, 0.4) is 0 Å². The Morgan fingerprint density at radius 2 is 2.00 bits per heavy atom. The first-order valence-corrected chi connectivity index (χ1v) is 6.61. The minimum absolute atomic E-state index is 0.0100. The SMILES string of the molecule is NC(=O)C1CCN(C(=O)CCOc2ccc(N)cc2)C1. The van der Waals surface area contributed by atoms with Gasteiger partial charge in [0, 0.05) is 18.8 Å². The Morgan fingerprint density at radius 3 is 2.60 bits per heavy atom. The van der Waals surface area contributed by atoms with E-state index in [4.69, 9.17) is 16.2 Å². The van der Waals surface area contributed by atoms with Crippen LogP contribution in [0, 0.1) is 5.92 Å². The Labute approximate surface area is 117 Å². The summed E-state index contributed by atoms with van der Waals surface area (Å²) in [6.07, 6.45) is 0.940. The number of anilines is 1. The van der Waals surface area contributed by atoms with Gasteiger partial charge in [0.1, 0.15) is 5.75 Å². The molecule has 0 radical (unpaired) electrons. The fraction of sp³-hybridized carbons (Fsp3) is 0.429. The normalized spacial score (nSPS) is 18.0. The minimum atomic E-state index is -0.335. The molecule has 1 heterocycles. The van der Waals surface area contributed by atoms with Crippen molar-refractivity contribution in [2.45, 2.75) is 12.8 Å². The van der Waals surface area contributed by atoms with Crippen molar-refractivity contribution in [2.24, 2.45) is 11.7 Å². The molecule has 0 aliphatic carbocycles. The molecule has 1 aliphatic heterocycles. The highest BCUT2D eigenvalue weighted by atomic mass is 16.5. The van der Waals surface area contributed by atoms with Crippen LogP contribution in [-0.4, -0.2) is 36.4 Å². The fourth-order valence-corrected chi connectivity index (χ4v) is 2.20. The lowest BCUT2D eigenvalue weighted by molar-refractivity contribution is -0.131. The molecule has 108 valence electrons. The molecule has 1 atom stereocenters. The molecule has 0 aromatic heterocycles. The van der Waals surface area contributed by atoms with E-state index in [1.807, 2.05) is 0 Å². The molecule has 20 heavy (non-hydrogen) atoms. The van der Waals surface area contributed by atoms with E-state index in [9.17, 15) is 9.59 Å². The molecule has 6 heteroatoms. The number of nitrogen functional groups attached to an aromatic ring is 1. The van der Waals surface area contributed by atoms with E-state index >= 15 is 0 Å². The van der Waals surface area contributed by atoms with Crippen molar-refractivity contribution in [3.05, 3.63) is 24.3 Å². The largest absolute Gasteiger partial charge is 0.493 e. The lowest BCUT2D eigenvalue weighted by Crippen LogP contribution is -2.32. The van der Waals surface area contributed by atoms with E-state index in [0.29, 0.717) is 37.6 Å². The number of benzene rings is 1. The summed E-state index contributed by atoms with van der Waals surface area (Å²) < 4.78 is 5.47. The van der Waals surface area contributed by atoms with Gasteiger partial charge in [0.05, 0.1) is 18.9 Å². The molecule has 2 amide bonds. The highest BCUT2D eigenvalue weighted by Gasteiger charge is 2.29. The second-order valence-electron chi connectivity index (χ2n) is 4.90. The van der Waals surface area contributed by atoms with Gasteiger partial charge in [-0.3, -0.25) is 9.59 Å². The number of carbonyl (C=O) groups excluding carboxylic acids is 2. The summed E-state index contributed by atoms with van der Waals surface area (Å²) in [6, 6.07) is 7.02. The number of nitrogens with zero attached hydrogens (tertiary/aromatic N) is 1. The van der Waals surface area contributed by atoms with Gasteiger partial charge in [0.2, 0.25) is 11.8 Å². The maximum absolute atomic E-state index is 11.9. The van der Waals surface area contributed by atoms with E-state index in [0.717, 1.165) is 0 Å². The third kappa shape index (κ3) is 3.63. The molecule has 4 N–H and O–H groups in total. The zero-order valence-electron chi connectivity index (χ0n) is 11.2. The summed E-state index contributed by atoms with van der Waals surface area (Å²) in [4.78, 5) is 24.6. The van der Waals surface area contributed by atoms with E-state index in [1.165, 1.54) is 0 Å². The highest BCUT2D eigenvalue weighted by molar-refractivity contribution is 5.81. The van der Waals surface area contributed by atoms with Crippen LogP contribution in [0.5, 0.6) is 5.75 Å². The summed E-state index contributed by atoms with van der Waals surface area (Å²) in [5.74, 6) is 0.128. The zero-order valence-corrected chi connectivity index (χ0v) is 11.2. The minimum Gasteiger partial charge on any atom is -0.493 e. The first-order valence-electron chi connectivity index (χ1n) is 6.61. The molecule has 1 aliphatic rings. The van der Waals surface area contributed by atoms with Crippen molar-refractivity contribution in [2.75, 3.05) is 25.4 Å². The molecular formula is C14H19N3O3. The van der Waals surface area contributed by atoms with E-state index in [1.54, 1.807) is 29.2 Å². The first-order chi connectivity index (χ1) is 9.56.